The summed E-state index contributed by atoms with van der Waals surface area (Å²) in [4.78, 5) is 30.9. The molecule has 1 atom stereocenters. The Bertz CT molecular complexity index is 906. The van der Waals surface area contributed by atoms with Crippen molar-refractivity contribution >= 4 is 34.7 Å². The molecule has 26 heavy (non-hydrogen) atoms. The Balaban J connectivity index is 1.83. The van der Waals surface area contributed by atoms with Crippen LogP contribution in [0.4, 0.5) is 5.69 Å². The number of halogens is 2. The molecule has 10 heteroatoms. The molecular formula is C16H14Cl2N4O4. The van der Waals surface area contributed by atoms with Gasteiger partial charge in [0.2, 0.25) is 10.3 Å². The molecular weight excluding hydrogens is 383 g/mol. The molecule has 2 aromatic rings. The minimum absolute atomic E-state index is 0.0657. The van der Waals surface area contributed by atoms with E-state index in [4.69, 9.17) is 27.7 Å². The van der Waals surface area contributed by atoms with Crippen molar-refractivity contribution in [2.45, 2.75) is 50.4 Å². The van der Waals surface area contributed by atoms with Crippen LogP contribution in [0.5, 0.6) is 0 Å². The number of Topliss-reactive ketones (excluding diaryl/α,β-unsaturated/α-hetero) is 1. The number of ketones is 1. The van der Waals surface area contributed by atoms with Gasteiger partial charge in [0, 0.05) is 12.0 Å². The summed E-state index contributed by atoms with van der Waals surface area (Å²) in [5.41, 5.74) is -0.0529. The molecule has 0 N–H and O–H groups in total. The Labute approximate surface area is 158 Å². The van der Waals surface area contributed by atoms with Crippen molar-refractivity contribution in [2.75, 3.05) is 0 Å². The van der Waals surface area contributed by atoms with Gasteiger partial charge in [-0.05, 0) is 32.1 Å². The lowest BCUT2D eigenvalue weighted by molar-refractivity contribution is -0.385. The second-order valence-electron chi connectivity index (χ2n) is 6.64. The van der Waals surface area contributed by atoms with Gasteiger partial charge in [0.15, 0.2) is 17.3 Å². The van der Waals surface area contributed by atoms with Crippen LogP contribution in [0.3, 0.4) is 0 Å². The molecule has 136 valence electrons. The van der Waals surface area contributed by atoms with E-state index in [1.165, 1.54) is 0 Å². The van der Waals surface area contributed by atoms with Crippen LogP contribution in [0.1, 0.15) is 49.8 Å². The van der Waals surface area contributed by atoms with Crippen molar-refractivity contribution in [2.24, 2.45) is 0 Å². The molecule has 8 nitrogen and oxygen atoms in total. The van der Waals surface area contributed by atoms with E-state index in [1.807, 2.05) is 0 Å². The van der Waals surface area contributed by atoms with Gasteiger partial charge in [0.05, 0.1) is 10.3 Å². The topological polar surface area (TPSA) is 112 Å². The first-order chi connectivity index (χ1) is 12.4. The average Bonchev–Trinajstić information content (AvgIpc) is 3.02. The van der Waals surface area contributed by atoms with Gasteiger partial charge in [-0.25, -0.2) is 9.97 Å². The van der Waals surface area contributed by atoms with Gasteiger partial charge in [-0.2, -0.15) is 0 Å². The van der Waals surface area contributed by atoms with Gasteiger partial charge in [0.1, 0.15) is 5.78 Å². The lowest BCUT2D eigenvalue weighted by Gasteiger charge is -2.36. The average molecular weight is 397 g/mol. The molecule has 2 aromatic heterocycles. The van der Waals surface area contributed by atoms with Gasteiger partial charge in [-0.15, -0.1) is 0 Å². The fourth-order valence-corrected chi connectivity index (χ4v) is 4.55. The highest BCUT2D eigenvalue weighted by atomic mass is 35.5. The number of carbonyl (C=O) groups excluding carboxylic acids is 1. The fourth-order valence-electron chi connectivity index (χ4n) is 4.03. The third kappa shape index (κ3) is 2.51. The lowest BCUT2D eigenvalue weighted by Crippen LogP contribution is -2.41. The van der Waals surface area contributed by atoms with Crippen LogP contribution in [0.2, 0.25) is 10.3 Å². The van der Waals surface area contributed by atoms with Crippen LogP contribution in [0.25, 0.3) is 11.5 Å². The number of aromatic nitrogens is 3. The van der Waals surface area contributed by atoms with E-state index in [-0.39, 0.29) is 21.9 Å². The normalized spacial score (nSPS) is 22.5. The van der Waals surface area contributed by atoms with Crippen molar-refractivity contribution in [1.29, 1.82) is 0 Å². The minimum atomic E-state index is -0.734. The molecule has 0 unspecified atom stereocenters. The molecule has 2 aliphatic rings. The van der Waals surface area contributed by atoms with E-state index in [1.54, 1.807) is 0 Å². The van der Waals surface area contributed by atoms with Crippen molar-refractivity contribution in [3.05, 3.63) is 31.7 Å². The molecule has 0 saturated heterocycles. The van der Waals surface area contributed by atoms with E-state index in [0.717, 1.165) is 37.7 Å². The fraction of sp³-hybridized carbons (Fsp3) is 0.500. The highest BCUT2D eigenvalue weighted by Gasteiger charge is 2.48. The zero-order valence-electron chi connectivity index (χ0n) is 13.6. The molecule has 2 heterocycles. The van der Waals surface area contributed by atoms with Crippen LogP contribution in [-0.4, -0.2) is 25.8 Å². The number of rotatable bonds is 2. The zero-order chi connectivity index (χ0) is 18.5. The largest absolute Gasteiger partial charge is 0.359 e. The quantitative estimate of drug-likeness (QED) is 0.427. The minimum Gasteiger partial charge on any atom is -0.359 e. The molecule has 1 saturated carbocycles. The Hall–Kier alpha value is -2.06. The standard InChI is InChI=1S/C16H14Cl2N4O4/c17-13-11(22(24)25)14(18)20-15(19-13)10-8-4-3-7-16(12(8)26-21-10)6-2-1-5-9(16)23/h1-7H2/t16-/m1/s1. The SMILES string of the molecule is O=C1CCCC[C@@]12CCCc1c(-c3nc(Cl)c([N+](=O)[O-])c(Cl)n3)noc12. The van der Waals surface area contributed by atoms with Crippen molar-refractivity contribution < 1.29 is 14.2 Å². The van der Waals surface area contributed by atoms with Gasteiger partial charge in [-0.1, -0.05) is 34.8 Å². The number of nitrogens with zero attached hydrogens (tertiary/aromatic N) is 4. The maximum absolute atomic E-state index is 12.7. The predicted octanol–water partition coefficient (Wildman–Crippen LogP) is 4.06. The van der Waals surface area contributed by atoms with E-state index >= 15 is 0 Å². The van der Waals surface area contributed by atoms with Crippen LogP contribution in [-0.2, 0) is 16.6 Å². The summed E-state index contributed by atoms with van der Waals surface area (Å²) in [7, 11) is 0. The van der Waals surface area contributed by atoms with Gasteiger partial charge < -0.3 is 4.52 Å². The number of fused-ring (bicyclic) bond motifs is 2. The number of hydrogen-bond donors (Lipinski definition) is 0. The van der Waals surface area contributed by atoms with E-state index in [0.29, 0.717) is 24.3 Å². The van der Waals surface area contributed by atoms with E-state index < -0.39 is 16.0 Å². The molecule has 4 rings (SSSR count). The molecule has 0 aliphatic heterocycles. The summed E-state index contributed by atoms with van der Waals surface area (Å²) in [6, 6.07) is 0. The Kier molecular flexibility index (Phi) is 4.19. The molecule has 0 amide bonds. The van der Waals surface area contributed by atoms with E-state index in [2.05, 4.69) is 15.1 Å². The first kappa shape index (κ1) is 17.4. The Morgan fingerprint density at radius 3 is 2.42 bits per heavy atom. The monoisotopic (exact) mass is 396 g/mol. The van der Waals surface area contributed by atoms with Crippen molar-refractivity contribution in [1.82, 2.24) is 15.1 Å². The number of carbonyl (C=O) groups is 1. The van der Waals surface area contributed by atoms with Crippen LogP contribution in [0, 0.1) is 10.1 Å². The molecule has 1 fully saturated rings. The maximum atomic E-state index is 12.7. The summed E-state index contributed by atoms with van der Waals surface area (Å²) in [5.74, 6) is 0.835. The summed E-state index contributed by atoms with van der Waals surface area (Å²) >= 11 is 11.8. The highest BCUT2D eigenvalue weighted by molar-refractivity contribution is 6.36. The molecule has 0 bridgehead atoms. The number of nitro groups is 1. The smallest absolute Gasteiger partial charge is 0.343 e. The second kappa shape index (κ2) is 6.28. The molecule has 0 aromatic carbocycles. The summed E-state index contributed by atoms with van der Waals surface area (Å²) < 4.78 is 5.59. The van der Waals surface area contributed by atoms with Crippen molar-refractivity contribution in [3.63, 3.8) is 0 Å². The van der Waals surface area contributed by atoms with Crippen LogP contribution < -0.4 is 0 Å². The third-order valence-corrected chi connectivity index (χ3v) is 5.76. The molecule has 1 spiro atoms. The summed E-state index contributed by atoms with van der Waals surface area (Å²) in [6.45, 7) is 0. The summed E-state index contributed by atoms with van der Waals surface area (Å²) in [6.07, 6.45) is 5.38. The van der Waals surface area contributed by atoms with Gasteiger partial charge in [0.25, 0.3) is 0 Å². The van der Waals surface area contributed by atoms with Gasteiger partial charge >= 0.3 is 5.69 Å². The Morgan fingerprint density at radius 2 is 1.77 bits per heavy atom. The van der Waals surface area contributed by atoms with Gasteiger partial charge in [-0.3, -0.25) is 14.9 Å². The predicted molar refractivity (Wildman–Crippen MR) is 92.3 cm³/mol. The summed E-state index contributed by atoms with van der Waals surface area (Å²) in [5, 5.41) is 14.3. The first-order valence-electron chi connectivity index (χ1n) is 8.34. The zero-order valence-corrected chi connectivity index (χ0v) is 15.1. The maximum Gasteiger partial charge on any atom is 0.343 e. The Morgan fingerprint density at radius 1 is 1.08 bits per heavy atom. The van der Waals surface area contributed by atoms with Crippen LogP contribution >= 0.6 is 23.2 Å². The highest BCUT2D eigenvalue weighted by Crippen LogP contribution is 2.47. The second-order valence-corrected chi connectivity index (χ2v) is 7.36. The molecule has 0 radical (unpaired) electrons. The first-order valence-corrected chi connectivity index (χ1v) is 9.10. The van der Waals surface area contributed by atoms with Crippen molar-refractivity contribution in [3.8, 4) is 11.5 Å². The van der Waals surface area contributed by atoms with Crippen LogP contribution in [0.15, 0.2) is 4.52 Å². The lowest BCUT2D eigenvalue weighted by atomic mass is 9.64. The molecule has 2 aliphatic carbocycles. The third-order valence-electron chi connectivity index (χ3n) is 5.24. The number of hydrogen-bond acceptors (Lipinski definition) is 7. The van der Waals surface area contributed by atoms with E-state index in [9.17, 15) is 14.9 Å².